The molecule has 0 fully saturated rings. The van der Waals surface area contributed by atoms with E-state index in [1.807, 2.05) is 6.07 Å². The van der Waals surface area contributed by atoms with Crippen molar-refractivity contribution in [2.75, 3.05) is 0 Å². The number of allylic oxidation sites excluding steroid dienone is 11. The smallest absolute Gasteiger partial charge is 0.137 e. The molecule has 1 unspecified atom stereocenters. The number of rotatable bonds is 3. The number of pyridine rings is 1. The molecule has 0 saturated carbocycles. The Morgan fingerprint density at radius 3 is 2.49 bits per heavy atom. The lowest BCUT2D eigenvalue weighted by Gasteiger charge is -2.38. The largest absolute Gasteiger partial charge is 0.299 e. The SMILES string of the molecule is C1=CC2=C3CC=Cc4cccc(c43)C3=CC(c4ccc(-c5nc6ccccn6c5-c5ccccc5)cc4)=CC(=C1)C32. The minimum atomic E-state index is 0.318. The van der Waals surface area contributed by atoms with Crippen LogP contribution in [0.4, 0.5) is 0 Å². The monoisotopic (exact) mass is 522 g/mol. The van der Waals surface area contributed by atoms with Gasteiger partial charge in [0.15, 0.2) is 0 Å². The van der Waals surface area contributed by atoms with E-state index in [0.717, 1.165) is 34.6 Å². The van der Waals surface area contributed by atoms with Gasteiger partial charge < -0.3 is 0 Å². The van der Waals surface area contributed by atoms with E-state index >= 15 is 0 Å². The molecule has 0 saturated heterocycles. The molecule has 0 amide bonds. The Bertz CT molecular complexity index is 2090. The minimum absolute atomic E-state index is 0.318. The highest BCUT2D eigenvalue weighted by atomic mass is 15.0. The Morgan fingerprint density at radius 1 is 0.732 bits per heavy atom. The molecule has 5 aromatic rings. The lowest BCUT2D eigenvalue weighted by molar-refractivity contribution is 0.937. The van der Waals surface area contributed by atoms with Gasteiger partial charge in [0.25, 0.3) is 0 Å². The molecule has 3 aromatic carbocycles. The van der Waals surface area contributed by atoms with Gasteiger partial charge in [-0.2, -0.15) is 0 Å². The Morgan fingerprint density at radius 2 is 1.59 bits per heavy atom. The van der Waals surface area contributed by atoms with Crippen molar-refractivity contribution >= 4 is 28.4 Å². The molecule has 2 heterocycles. The van der Waals surface area contributed by atoms with Gasteiger partial charge >= 0.3 is 0 Å². The number of hydrogen-bond donors (Lipinski definition) is 0. The van der Waals surface area contributed by atoms with Crippen molar-refractivity contribution in [3.63, 3.8) is 0 Å². The molecule has 2 aromatic heterocycles. The van der Waals surface area contributed by atoms with Gasteiger partial charge in [0, 0.05) is 23.2 Å². The summed E-state index contributed by atoms with van der Waals surface area (Å²) in [5.41, 5.74) is 17.7. The summed E-state index contributed by atoms with van der Waals surface area (Å²) in [5.74, 6) is 0.318. The average molecular weight is 523 g/mol. The standard InChI is InChI=1S/C39H26N2/c1-2-9-28(10-3-1)39-38(40-35-17-4-5-22-41(35)39)27-20-18-25(19-21-27)30-23-29-13-8-15-32-31-14-6-11-26-12-7-16-33(36(26)31)34(24-30)37(29)32/h1-13,15-24,37H,14H2. The fourth-order valence-corrected chi connectivity index (χ4v) is 7.10. The van der Waals surface area contributed by atoms with E-state index in [4.69, 9.17) is 4.98 Å². The lowest BCUT2D eigenvalue weighted by Crippen LogP contribution is -2.21. The predicted molar refractivity (Wildman–Crippen MR) is 170 cm³/mol. The summed E-state index contributed by atoms with van der Waals surface area (Å²) < 4.78 is 2.19. The molecule has 0 N–H and O–H groups in total. The zero-order chi connectivity index (χ0) is 26.9. The predicted octanol–water partition coefficient (Wildman–Crippen LogP) is 9.45. The van der Waals surface area contributed by atoms with Crippen LogP contribution in [0.5, 0.6) is 0 Å². The van der Waals surface area contributed by atoms with Crippen LogP contribution in [0, 0.1) is 5.92 Å². The molecule has 0 radical (unpaired) electrons. The van der Waals surface area contributed by atoms with Gasteiger partial charge in [0.2, 0.25) is 0 Å². The number of nitrogens with zero attached hydrogens (tertiary/aromatic N) is 2. The van der Waals surface area contributed by atoms with Crippen LogP contribution in [0.25, 0.3) is 51.0 Å². The maximum absolute atomic E-state index is 5.06. The Labute approximate surface area is 239 Å². The number of aromatic nitrogens is 2. The molecule has 4 aliphatic carbocycles. The Balaban J connectivity index is 1.16. The van der Waals surface area contributed by atoms with Gasteiger partial charge in [-0.05, 0) is 74.7 Å². The molecular weight excluding hydrogens is 496 g/mol. The van der Waals surface area contributed by atoms with E-state index in [1.54, 1.807) is 0 Å². The van der Waals surface area contributed by atoms with Crippen LogP contribution < -0.4 is 0 Å². The van der Waals surface area contributed by atoms with Crippen LogP contribution >= 0.6 is 0 Å². The topological polar surface area (TPSA) is 17.3 Å². The third kappa shape index (κ3) is 3.34. The van der Waals surface area contributed by atoms with Crippen molar-refractivity contribution in [3.05, 3.63) is 167 Å². The first kappa shape index (κ1) is 22.6. The fourth-order valence-electron chi connectivity index (χ4n) is 7.10. The maximum Gasteiger partial charge on any atom is 0.137 e. The molecule has 0 spiro atoms. The highest BCUT2D eigenvalue weighted by Crippen LogP contribution is 2.53. The number of imidazole rings is 1. The van der Waals surface area contributed by atoms with Gasteiger partial charge in [-0.15, -0.1) is 0 Å². The molecule has 192 valence electrons. The van der Waals surface area contributed by atoms with E-state index in [-0.39, 0.29) is 0 Å². The highest BCUT2D eigenvalue weighted by molar-refractivity contribution is 6.02. The fraction of sp³-hybridized carbons (Fsp3) is 0.0513. The van der Waals surface area contributed by atoms with E-state index in [1.165, 1.54) is 50.1 Å². The summed E-state index contributed by atoms with van der Waals surface area (Å²) >= 11 is 0. The number of hydrogen-bond acceptors (Lipinski definition) is 1. The van der Waals surface area contributed by atoms with Crippen LogP contribution in [0.1, 0.15) is 28.7 Å². The maximum atomic E-state index is 5.06. The summed E-state index contributed by atoms with van der Waals surface area (Å²) in [4.78, 5) is 5.06. The van der Waals surface area contributed by atoms with Crippen LogP contribution in [0.3, 0.4) is 0 Å². The third-order valence-corrected chi connectivity index (χ3v) is 8.90. The second-order valence-electron chi connectivity index (χ2n) is 11.1. The first-order chi connectivity index (χ1) is 20.3. The highest BCUT2D eigenvalue weighted by Gasteiger charge is 2.36. The van der Waals surface area contributed by atoms with Gasteiger partial charge in [-0.1, -0.05) is 115 Å². The Kier molecular flexibility index (Phi) is 4.76. The molecular formula is C39H26N2. The summed E-state index contributed by atoms with van der Waals surface area (Å²) in [7, 11) is 0. The van der Waals surface area contributed by atoms with Crippen molar-refractivity contribution in [1.82, 2.24) is 9.38 Å². The van der Waals surface area contributed by atoms with Crippen molar-refractivity contribution in [1.29, 1.82) is 0 Å². The average Bonchev–Trinajstić information content (AvgIpc) is 3.43. The zero-order valence-corrected chi connectivity index (χ0v) is 22.5. The molecule has 2 heteroatoms. The van der Waals surface area contributed by atoms with E-state index in [9.17, 15) is 0 Å². The van der Waals surface area contributed by atoms with Gasteiger partial charge in [0.05, 0.1) is 11.4 Å². The molecule has 0 aliphatic heterocycles. The van der Waals surface area contributed by atoms with Crippen molar-refractivity contribution in [2.24, 2.45) is 5.92 Å². The minimum Gasteiger partial charge on any atom is -0.299 e. The summed E-state index contributed by atoms with van der Waals surface area (Å²) in [6.45, 7) is 0. The number of benzene rings is 3. The van der Waals surface area contributed by atoms with Gasteiger partial charge in [0.1, 0.15) is 5.65 Å². The first-order valence-corrected chi connectivity index (χ1v) is 14.3. The zero-order valence-electron chi connectivity index (χ0n) is 22.5. The van der Waals surface area contributed by atoms with E-state index in [2.05, 4.69) is 138 Å². The Hall–Kier alpha value is -5.21. The molecule has 0 bridgehead atoms. The molecule has 41 heavy (non-hydrogen) atoms. The van der Waals surface area contributed by atoms with Gasteiger partial charge in [-0.3, -0.25) is 4.40 Å². The normalized spacial score (nSPS) is 18.0. The van der Waals surface area contributed by atoms with E-state index < -0.39 is 0 Å². The van der Waals surface area contributed by atoms with E-state index in [0.29, 0.717) is 5.92 Å². The van der Waals surface area contributed by atoms with Crippen molar-refractivity contribution in [3.8, 4) is 22.5 Å². The van der Waals surface area contributed by atoms with Gasteiger partial charge in [-0.25, -0.2) is 4.98 Å². The molecule has 4 aliphatic rings. The van der Waals surface area contributed by atoms with Crippen LogP contribution in [0.2, 0.25) is 0 Å². The molecule has 9 rings (SSSR count). The second-order valence-corrected chi connectivity index (χ2v) is 11.1. The third-order valence-electron chi connectivity index (χ3n) is 8.90. The van der Waals surface area contributed by atoms with Crippen LogP contribution in [0.15, 0.2) is 145 Å². The summed E-state index contributed by atoms with van der Waals surface area (Å²) in [5, 5.41) is 0. The summed E-state index contributed by atoms with van der Waals surface area (Å²) in [6, 6.07) is 32.5. The number of fused-ring (bicyclic) bond motifs is 2. The molecule has 2 nitrogen and oxygen atoms in total. The van der Waals surface area contributed by atoms with Crippen molar-refractivity contribution in [2.45, 2.75) is 6.42 Å². The quantitative estimate of drug-likeness (QED) is 0.231. The first-order valence-electron chi connectivity index (χ1n) is 14.3. The van der Waals surface area contributed by atoms with Crippen molar-refractivity contribution < 1.29 is 0 Å². The van der Waals surface area contributed by atoms with Crippen LogP contribution in [-0.4, -0.2) is 9.38 Å². The summed E-state index contributed by atoms with van der Waals surface area (Å²) in [6.07, 6.45) is 19.4. The lowest BCUT2D eigenvalue weighted by atomic mass is 9.65. The second kappa shape index (κ2) is 8.64. The molecule has 1 atom stereocenters. The van der Waals surface area contributed by atoms with Crippen LogP contribution in [-0.2, 0) is 0 Å².